The van der Waals surface area contributed by atoms with Crippen LogP contribution in [-0.2, 0) is 4.74 Å². The van der Waals surface area contributed by atoms with Gasteiger partial charge in [0, 0.05) is 12.6 Å². The molecule has 0 amide bonds. The highest BCUT2D eigenvalue weighted by Gasteiger charge is 2.36. The van der Waals surface area contributed by atoms with Crippen molar-refractivity contribution >= 4 is 17.3 Å². The number of rotatable bonds is 4. The highest BCUT2D eigenvalue weighted by atomic mass is 35.5. The standard InChI is InChI=1S/C17H25ClN2O/c1-3-19-12(2)13-7-8-15(14(18)11-13)20-9-10-21-17-6-4-5-16(17)20/h7-8,11-12,16-17,19H,3-6,9-10H2,1-2H3. The van der Waals surface area contributed by atoms with E-state index in [1.165, 1.54) is 30.5 Å². The molecular weight excluding hydrogens is 284 g/mol. The van der Waals surface area contributed by atoms with Crippen LogP contribution in [0.1, 0.15) is 44.7 Å². The molecule has 1 saturated carbocycles. The van der Waals surface area contributed by atoms with Gasteiger partial charge in [0.1, 0.15) is 0 Å². The van der Waals surface area contributed by atoms with Gasteiger partial charge in [0.15, 0.2) is 0 Å². The van der Waals surface area contributed by atoms with Crippen LogP contribution >= 0.6 is 11.6 Å². The van der Waals surface area contributed by atoms with Gasteiger partial charge in [-0.2, -0.15) is 0 Å². The Bertz CT molecular complexity index is 494. The van der Waals surface area contributed by atoms with E-state index in [4.69, 9.17) is 16.3 Å². The third-order valence-corrected chi connectivity index (χ3v) is 5.08. The average molecular weight is 309 g/mol. The summed E-state index contributed by atoms with van der Waals surface area (Å²) in [5.74, 6) is 0. The van der Waals surface area contributed by atoms with Gasteiger partial charge in [0.05, 0.1) is 29.5 Å². The molecule has 1 heterocycles. The lowest BCUT2D eigenvalue weighted by molar-refractivity contribution is 0.0256. The number of fused-ring (bicyclic) bond motifs is 1. The van der Waals surface area contributed by atoms with Crippen molar-refractivity contribution in [1.29, 1.82) is 0 Å². The van der Waals surface area contributed by atoms with Crippen molar-refractivity contribution in [3.8, 4) is 0 Å². The zero-order chi connectivity index (χ0) is 14.8. The second-order valence-corrected chi connectivity index (χ2v) is 6.50. The van der Waals surface area contributed by atoms with E-state index in [1.54, 1.807) is 0 Å². The number of halogens is 1. The highest BCUT2D eigenvalue weighted by Crippen LogP contribution is 2.37. The maximum atomic E-state index is 6.59. The minimum absolute atomic E-state index is 0.338. The highest BCUT2D eigenvalue weighted by molar-refractivity contribution is 6.33. The van der Waals surface area contributed by atoms with Crippen LogP contribution in [0.3, 0.4) is 0 Å². The molecule has 3 rings (SSSR count). The molecule has 3 atom stereocenters. The van der Waals surface area contributed by atoms with Gasteiger partial charge in [-0.1, -0.05) is 24.6 Å². The Labute approximate surface area is 132 Å². The van der Waals surface area contributed by atoms with E-state index in [2.05, 4.69) is 42.3 Å². The van der Waals surface area contributed by atoms with E-state index in [1.807, 2.05) is 0 Å². The Morgan fingerprint density at radius 1 is 1.43 bits per heavy atom. The lowest BCUT2D eigenvalue weighted by Crippen LogP contribution is -2.48. The van der Waals surface area contributed by atoms with Gasteiger partial charge in [-0.25, -0.2) is 0 Å². The molecule has 1 aliphatic heterocycles. The fourth-order valence-corrected chi connectivity index (χ4v) is 3.97. The van der Waals surface area contributed by atoms with E-state index >= 15 is 0 Å². The minimum atomic E-state index is 0.338. The molecule has 2 aliphatic rings. The quantitative estimate of drug-likeness (QED) is 0.916. The zero-order valence-electron chi connectivity index (χ0n) is 12.9. The topological polar surface area (TPSA) is 24.5 Å². The number of benzene rings is 1. The summed E-state index contributed by atoms with van der Waals surface area (Å²) in [6, 6.07) is 7.35. The number of hydrogen-bond acceptors (Lipinski definition) is 3. The first-order valence-corrected chi connectivity index (χ1v) is 8.49. The summed E-state index contributed by atoms with van der Waals surface area (Å²) in [5.41, 5.74) is 2.42. The third-order valence-electron chi connectivity index (χ3n) is 4.77. The first-order chi connectivity index (χ1) is 10.2. The van der Waals surface area contributed by atoms with Gasteiger partial charge in [0.2, 0.25) is 0 Å². The summed E-state index contributed by atoms with van der Waals surface area (Å²) < 4.78 is 5.89. The number of nitrogens with one attached hydrogen (secondary N) is 1. The first-order valence-electron chi connectivity index (χ1n) is 8.11. The summed E-state index contributed by atoms with van der Waals surface area (Å²) in [6.07, 6.45) is 4.07. The van der Waals surface area contributed by atoms with E-state index < -0.39 is 0 Å². The molecule has 0 bridgehead atoms. The lowest BCUT2D eigenvalue weighted by Gasteiger charge is -2.39. The second-order valence-electron chi connectivity index (χ2n) is 6.09. The largest absolute Gasteiger partial charge is 0.374 e. The van der Waals surface area contributed by atoms with Crippen LogP contribution in [0.15, 0.2) is 18.2 Å². The van der Waals surface area contributed by atoms with Crippen molar-refractivity contribution in [3.63, 3.8) is 0 Å². The van der Waals surface area contributed by atoms with Crippen molar-refractivity contribution in [2.45, 2.75) is 51.3 Å². The molecule has 2 fully saturated rings. The molecule has 1 aromatic carbocycles. The SMILES string of the molecule is CCNC(C)c1ccc(N2CCOC3CCCC32)c(Cl)c1. The van der Waals surface area contributed by atoms with Crippen LogP contribution in [-0.4, -0.2) is 31.8 Å². The van der Waals surface area contributed by atoms with Gasteiger partial charge in [-0.05, 0) is 50.4 Å². The number of hydrogen-bond donors (Lipinski definition) is 1. The van der Waals surface area contributed by atoms with Crippen molar-refractivity contribution in [1.82, 2.24) is 5.32 Å². The van der Waals surface area contributed by atoms with Crippen molar-refractivity contribution in [2.75, 3.05) is 24.6 Å². The van der Waals surface area contributed by atoms with Crippen LogP contribution in [0.5, 0.6) is 0 Å². The van der Waals surface area contributed by atoms with Gasteiger partial charge in [0.25, 0.3) is 0 Å². The van der Waals surface area contributed by atoms with Gasteiger partial charge < -0.3 is 15.0 Å². The van der Waals surface area contributed by atoms with Gasteiger partial charge >= 0.3 is 0 Å². The molecule has 1 N–H and O–H groups in total. The predicted molar refractivity (Wildman–Crippen MR) is 88.3 cm³/mol. The fraction of sp³-hybridized carbons (Fsp3) is 0.647. The molecule has 3 unspecified atom stereocenters. The first kappa shape index (κ1) is 15.1. The van der Waals surface area contributed by atoms with Crippen LogP contribution in [0.25, 0.3) is 0 Å². The maximum Gasteiger partial charge on any atom is 0.0779 e. The lowest BCUT2D eigenvalue weighted by atomic mass is 10.1. The summed E-state index contributed by atoms with van der Waals surface area (Å²) in [7, 11) is 0. The molecule has 1 saturated heterocycles. The Morgan fingerprint density at radius 2 is 2.29 bits per heavy atom. The molecular formula is C17H25ClN2O. The van der Waals surface area contributed by atoms with Gasteiger partial charge in [-0.15, -0.1) is 0 Å². The number of morpholine rings is 1. The molecule has 21 heavy (non-hydrogen) atoms. The maximum absolute atomic E-state index is 6.59. The predicted octanol–water partition coefficient (Wildman–Crippen LogP) is 3.77. The molecule has 1 aliphatic carbocycles. The Kier molecular flexibility index (Phi) is 4.72. The van der Waals surface area contributed by atoms with E-state index in [0.717, 1.165) is 24.7 Å². The number of nitrogens with zero attached hydrogens (tertiary/aromatic N) is 1. The molecule has 116 valence electrons. The second kappa shape index (κ2) is 6.55. The summed E-state index contributed by atoms with van der Waals surface area (Å²) in [5, 5.41) is 4.30. The minimum Gasteiger partial charge on any atom is -0.374 e. The van der Waals surface area contributed by atoms with Crippen molar-refractivity contribution in [3.05, 3.63) is 28.8 Å². The number of anilines is 1. The van der Waals surface area contributed by atoms with Crippen LogP contribution in [0.2, 0.25) is 5.02 Å². The molecule has 1 aromatic rings. The Hall–Kier alpha value is -0.770. The molecule has 4 heteroatoms. The summed E-state index contributed by atoms with van der Waals surface area (Å²) in [6.45, 7) is 7.03. The monoisotopic (exact) mass is 308 g/mol. The average Bonchev–Trinajstić information content (AvgIpc) is 2.96. The van der Waals surface area contributed by atoms with Crippen LogP contribution in [0.4, 0.5) is 5.69 Å². The number of ether oxygens (including phenoxy) is 1. The normalized spacial score (nSPS) is 26.7. The smallest absolute Gasteiger partial charge is 0.0779 e. The Balaban J connectivity index is 1.82. The van der Waals surface area contributed by atoms with E-state index in [-0.39, 0.29) is 0 Å². The van der Waals surface area contributed by atoms with E-state index in [9.17, 15) is 0 Å². The van der Waals surface area contributed by atoms with Crippen LogP contribution < -0.4 is 10.2 Å². The third kappa shape index (κ3) is 3.05. The van der Waals surface area contributed by atoms with Gasteiger partial charge in [-0.3, -0.25) is 0 Å². The van der Waals surface area contributed by atoms with Crippen LogP contribution in [0, 0.1) is 0 Å². The summed E-state index contributed by atoms with van der Waals surface area (Å²) >= 11 is 6.59. The van der Waals surface area contributed by atoms with E-state index in [0.29, 0.717) is 18.2 Å². The summed E-state index contributed by atoms with van der Waals surface area (Å²) in [4.78, 5) is 2.46. The molecule has 0 radical (unpaired) electrons. The van der Waals surface area contributed by atoms with Crippen molar-refractivity contribution < 1.29 is 4.74 Å². The zero-order valence-corrected chi connectivity index (χ0v) is 13.7. The molecule has 0 aromatic heterocycles. The molecule has 0 spiro atoms. The van der Waals surface area contributed by atoms with Crippen molar-refractivity contribution in [2.24, 2.45) is 0 Å². The molecule has 3 nitrogen and oxygen atoms in total. The Morgan fingerprint density at radius 3 is 3.05 bits per heavy atom. The fourth-order valence-electron chi connectivity index (χ4n) is 3.67.